The highest BCUT2D eigenvalue weighted by Gasteiger charge is 2.28. The Morgan fingerprint density at radius 3 is 2.70 bits per heavy atom. The number of carbonyl (C=O) groups is 2. The average Bonchev–Trinajstić information content (AvgIpc) is 3.18. The number of amides is 1. The molecule has 5 heteroatoms. The molecule has 2 aromatic rings. The molecule has 0 unspecified atom stereocenters. The fraction of sp³-hybridized carbons (Fsp3) is 0.333. The number of benzene rings is 1. The molecule has 4 nitrogen and oxygen atoms in total. The minimum absolute atomic E-state index is 0.0102. The van der Waals surface area contributed by atoms with Crippen molar-refractivity contribution in [3.05, 3.63) is 52.2 Å². The van der Waals surface area contributed by atoms with Gasteiger partial charge in [0.2, 0.25) is 5.91 Å². The van der Waals surface area contributed by atoms with Crippen LogP contribution in [0.3, 0.4) is 0 Å². The second kappa shape index (κ2) is 7.06. The van der Waals surface area contributed by atoms with E-state index in [2.05, 4.69) is 27.7 Å². The predicted octanol–water partition coefficient (Wildman–Crippen LogP) is 3.73. The smallest absolute Gasteiger partial charge is 0.238 e. The van der Waals surface area contributed by atoms with E-state index in [1.165, 1.54) is 11.8 Å². The van der Waals surface area contributed by atoms with Crippen LogP contribution in [0.1, 0.15) is 41.0 Å². The number of nitrogens with one attached hydrogen (secondary N) is 1. The van der Waals surface area contributed by atoms with E-state index in [1.54, 1.807) is 35.6 Å². The van der Waals surface area contributed by atoms with Crippen LogP contribution in [0.2, 0.25) is 0 Å². The second-order valence-electron chi connectivity index (χ2n) is 5.83. The van der Waals surface area contributed by atoms with E-state index in [9.17, 15) is 9.59 Å². The third-order valence-electron chi connectivity index (χ3n) is 4.16. The molecule has 2 heterocycles. The van der Waals surface area contributed by atoms with Crippen LogP contribution < -0.4 is 5.32 Å². The Balaban J connectivity index is 1.59. The fourth-order valence-electron chi connectivity index (χ4n) is 2.99. The van der Waals surface area contributed by atoms with Gasteiger partial charge in [0.1, 0.15) is 0 Å². The van der Waals surface area contributed by atoms with Crippen molar-refractivity contribution < 1.29 is 9.59 Å². The Morgan fingerprint density at radius 1 is 1.26 bits per heavy atom. The van der Waals surface area contributed by atoms with E-state index in [4.69, 9.17) is 0 Å². The minimum Gasteiger partial charge on any atom is -0.325 e. The summed E-state index contributed by atoms with van der Waals surface area (Å²) in [5, 5.41) is 5.00. The van der Waals surface area contributed by atoms with Gasteiger partial charge in [-0.15, -0.1) is 11.3 Å². The van der Waals surface area contributed by atoms with Crippen molar-refractivity contribution in [3.63, 3.8) is 0 Å². The standard InChI is InChI=1S/C18H20N2O2S/c1-13(21)14-6-8-15(9-7-14)19-18(22)12-20-10-2-4-16(20)17-5-3-11-23-17/h3,5-9,11,16H,2,4,10,12H2,1H3,(H,19,22)/t16-/m0/s1. The van der Waals surface area contributed by atoms with Gasteiger partial charge in [0, 0.05) is 22.2 Å². The van der Waals surface area contributed by atoms with Crippen molar-refractivity contribution in [2.75, 3.05) is 18.4 Å². The fourth-order valence-corrected chi connectivity index (χ4v) is 3.89. The Hall–Kier alpha value is -1.98. The van der Waals surface area contributed by atoms with Gasteiger partial charge in [-0.1, -0.05) is 6.07 Å². The molecule has 23 heavy (non-hydrogen) atoms. The number of Topliss-reactive ketones (excluding diaryl/α,β-unsaturated/α-hetero) is 1. The normalized spacial score (nSPS) is 18.0. The monoisotopic (exact) mass is 328 g/mol. The molecule has 1 aromatic carbocycles. The van der Waals surface area contributed by atoms with E-state index in [1.807, 2.05) is 0 Å². The van der Waals surface area contributed by atoms with Gasteiger partial charge in [0.05, 0.1) is 6.54 Å². The summed E-state index contributed by atoms with van der Waals surface area (Å²) in [6.07, 6.45) is 2.24. The summed E-state index contributed by atoms with van der Waals surface area (Å²) >= 11 is 1.75. The number of likely N-dealkylation sites (tertiary alicyclic amines) is 1. The van der Waals surface area contributed by atoms with Gasteiger partial charge in [-0.25, -0.2) is 0 Å². The maximum absolute atomic E-state index is 12.3. The molecule has 0 radical (unpaired) electrons. The third-order valence-corrected chi connectivity index (χ3v) is 5.13. The molecular weight excluding hydrogens is 308 g/mol. The predicted molar refractivity (Wildman–Crippen MR) is 92.9 cm³/mol. The highest BCUT2D eigenvalue weighted by Crippen LogP contribution is 2.34. The molecule has 1 N–H and O–H groups in total. The summed E-state index contributed by atoms with van der Waals surface area (Å²) in [4.78, 5) is 27.1. The maximum atomic E-state index is 12.3. The zero-order chi connectivity index (χ0) is 16.2. The Bertz CT molecular complexity index is 680. The number of nitrogens with zero attached hydrogens (tertiary/aromatic N) is 1. The quantitative estimate of drug-likeness (QED) is 0.851. The number of thiophene rings is 1. The van der Waals surface area contributed by atoms with E-state index >= 15 is 0 Å². The van der Waals surface area contributed by atoms with E-state index in [0.717, 1.165) is 25.1 Å². The molecule has 0 bridgehead atoms. The van der Waals surface area contributed by atoms with Gasteiger partial charge >= 0.3 is 0 Å². The first-order valence-corrected chi connectivity index (χ1v) is 8.70. The summed E-state index contributed by atoms with van der Waals surface area (Å²) in [6.45, 7) is 2.89. The lowest BCUT2D eigenvalue weighted by molar-refractivity contribution is -0.117. The first-order valence-electron chi connectivity index (χ1n) is 7.82. The van der Waals surface area contributed by atoms with Crippen molar-refractivity contribution in [1.82, 2.24) is 4.90 Å². The SMILES string of the molecule is CC(=O)c1ccc(NC(=O)CN2CCC[C@H]2c2cccs2)cc1. The first kappa shape index (κ1) is 15.9. The molecule has 1 amide bonds. The molecular formula is C18H20N2O2S. The largest absolute Gasteiger partial charge is 0.325 e. The lowest BCUT2D eigenvalue weighted by Gasteiger charge is -2.22. The van der Waals surface area contributed by atoms with Gasteiger partial charge in [-0.3, -0.25) is 14.5 Å². The zero-order valence-corrected chi connectivity index (χ0v) is 13.9. The van der Waals surface area contributed by atoms with Crippen molar-refractivity contribution in [3.8, 4) is 0 Å². The van der Waals surface area contributed by atoms with Crippen LogP contribution in [0.4, 0.5) is 5.69 Å². The number of hydrogen-bond acceptors (Lipinski definition) is 4. The number of anilines is 1. The Morgan fingerprint density at radius 2 is 2.04 bits per heavy atom. The van der Waals surface area contributed by atoms with E-state index in [-0.39, 0.29) is 11.7 Å². The van der Waals surface area contributed by atoms with Crippen molar-refractivity contribution >= 4 is 28.7 Å². The molecule has 1 aromatic heterocycles. The van der Waals surface area contributed by atoms with Crippen LogP contribution in [-0.4, -0.2) is 29.7 Å². The zero-order valence-electron chi connectivity index (χ0n) is 13.1. The third kappa shape index (κ3) is 3.86. The summed E-state index contributed by atoms with van der Waals surface area (Å²) in [6, 6.07) is 11.6. The minimum atomic E-state index is -0.0102. The topological polar surface area (TPSA) is 49.4 Å². The summed E-state index contributed by atoms with van der Waals surface area (Å²) < 4.78 is 0. The molecule has 0 aliphatic carbocycles. The number of rotatable bonds is 5. The summed E-state index contributed by atoms with van der Waals surface area (Å²) in [5.74, 6) is 0.0164. The van der Waals surface area contributed by atoms with Crippen LogP contribution in [0, 0.1) is 0 Å². The van der Waals surface area contributed by atoms with Crippen LogP contribution >= 0.6 is 11.3 Å². The van der Waals surface area contributed by atoms with E-state index in [0.29, 0.717) is 18.2 Å². The van der Waals surface area contributed by atoms with Gasteiger partial charge < -0.3 is 5.32 Å². The van der Waals surface area contributed by atoms with Gasteiger partial charge in [0.15, 0.2) is 5.78 Å². The van der Waals surface area contributed by atoms with Gasteiger partial charge in [0.25, 0.3) is 0 Å². The number of carbonyl (C=O) groups excluding carboxylic acids is 2. The average molecular weight is 328 g/mol. The number of hydrogen-bond donors (Lipinski definition) is 1. The molecule has 120 valence electrons. The summed E-state index contributed by atoms with van der Waals surface area (Å²) in [7, 11) is 0. The lowest BCUT2D eigenvalue weighted by Crippen LogP contribution is -2.32. The molecule has 1 fully saturated rings. The molecule has 1 atom stereocenters. The van der Waals surface area contributed by atoms with Crippen LogP contribution in [-0.2, 0) is 4.79 Å². The Labute approximate surface area is 140 Å². The Kier molecular flexibility index (Phi) is 4.88. The second-order valence-corrected chi connectivity index (χ2v) is 6.80. The van der Waals surface area contributed by atoms with Gasteiger partial charge in [-0.2, -0.15) is 0 Å². The first-order chi connectivity index (χ1) is 11.1. The summed E-state index contributed by atoms with van der Waals surface area (Å²) in [5.41, 5.74) is 1.38. The van der Waals surface area contributed by atoms with Crippen LogP contribution in [0.25, 0.3) is 0 Å². The van der Waals surface area contributed by atoms with Crippen molar-refractivity contribution in [1.29, 1.82) is 0 Å². The molecule has 1 saturated heterocycles. The molecule has 1 aliphatic heterocycles. The number of ketones is 1. The van der Waals surface area contributed by atoms with E-state index < -0.39 is 0 Å². The van der Waals surface area contributed by atoms with Crippen LogP contribution in [0.15, 0.2) is 41.8 Å². The van der Waals surface area contributed by atoms with Crippen molar-refractivity contribution in [2.45, 2.75) is 25.8 Å². The highest BCUT2D eigenvalue weighted by atomic mass is 32.1. The lowest BCUT2D eigenvalue weighted by atomic mass is 10.1. The molecule has 0 saturated carbocycles. The van der Waals surface area contributed by atoms with Crippen LogP contribution in [0.5, 0.6) is 0 Å². The molecule has 3 rings (SSSR count). The van der Waals surface area contributed by atoms with Gasteiger partial charge in [-0.05, 0) is 62.0 Å². The van der Waals surface area contributed by atoms with Crippen molar-refractivity contribution in [2.24, 2.45) is 0 Å². The highest BCUT2D eigenvalue weighted by molar-refractivity contribution is 7.10. The molecule has 0 spiro atoms. The maximum Gasteiger partial charge on any atom is 0.238 e. The molecule has 1 aliphatic rings.